The minimum Gasteiger partial charge on any atom is -0.481 e. The molecule has 0 aliphatic rings. The van der Waals surface area contributed by atoms with E-state index in [-0.39, 0.29) is 6.42 Å². The van der Waals surface area contributed by atoms with Gasteiger partial charge >= 0.3 is 11.9 Å². The summed E-state index contributed by atoms with van der Waals surface area (Å²) in [5.74, 6) is 0.241. The van der Waals surface area contributed by atoms with E-state index in [1.54, 1.807) is 0 Å². The lowest BCUT2D eigenvalue weighted by Gasteiger charge is -2.30. The fraction of sp³-hybridized carbons (Fsp3) is 0.949. The molecule has 0 radical (unpaired) electrons. The van der Waals surface area contributed by atoms with Crippen LogP contribution in [0.5, 0.6) is 0 Å². The van der Waals surface area contributed by atoms with Crippen molar-refractivity contribution in [2.75, 3.05) is 0 Å². The molecular formula is C39H76O4. The second kappa shape index (κ2) is 29.6. The first-order valence-corrected chi connectivity index (χ1v) is 19.1. The molecule has 0 saturated heterocycles. The summed E-state index contributed by atoms with van der Waals surface area (Å²) in [5, 5.41) is 19.3. The lowest BCUT2D eigenvalue weighted by molar-refractivity contribution is -0.150. The normalized spacial score (nSPS) is 12.0. The van der Waals surface area contributed by atoms with E-state index in [0.717, 1.165) is 50.4 Å². The van der Waals surface area contributed by atoms with Gasteiger partial charge in [0.1, 0.15) is 0 Å². The molecule has 0 aliphatic carbocycles. The number of unbranched alkanes of at least 4 members (excludes halogenated alkanes) is 21. The molecule has 256 valence electrons. The summed E-state index contributed by atoms with van der Waals surface area (Å²) in [6.07, 6.45) is 34.5. The predicted molar refractivity (Wildman–Crippen MR) is 186 cm³/mol. The van der Waals surface area contributed by atoms with Crippen LogP contribution in [0.2, 0.25) is 0 Å². The number of rotatable bonds is 34. The Hall–Kier alpha value is -1.06. The number of carbonyl (C=O) groups is 2. The molecule has 0 unspecified atom stereocenters. The smallest absolute Gasteiger partial charge is 0.309 e. The van der Waals surface area contributed by atoms with Gasteiger partial charge in [-0.3, -0.25) is 9.59 Å². The highest BCUT2D eigenvalue weighted by atomic mass is 16.4. The molecular weight excluding hydrogens is 532 g/mol. The Kier molecular flexibility index (Phi) is 28.9. The Balaban J connectivity index is 4.19. The van der Waals surface area contributed by atoms with Crippen molar-refractivity contribution in [3.05, 3.63) is 0 Å². The zero-order valence-electron chi connectivity index (χ0n) is 29.6. The fourth-order valence-corrected chi connectivity index (χ4v) is 6.65. The maximum absolute atomic E-state index is 12.6. The largest absolute Gasteiger partial charge is 0.481 e. The summed E-state index contributed by atoms with van der Waals surface area (Å²) in [4.78, 5) is 23.5. The SMILES string of the molecule is CC(C)CCCCCCCCCCCCCC(CCCCCCCCCCCCCC(C)C)(CCCCC(=O)O)C(=O)O. The monoisotopic (exact) mass is 609 g/mol. The molecule has 0 amide bonds. The first kappa shape index (κ1) is 41.9. The minimum absolute atomic E-state index is 0.144. The first-order valence-electron chi connectivity index (χ1n) is 19.1. The highest BCUT2D eigenvalue weighted by Gasteiger charge is 2.36. The molecule has 0 heterocycles. The van der Waals surface area contributed by atoms with Crippen molar-refractivity contribution in [2.45, 2.75) is 220 Å². The maximum Gasteiger partial charge on any atom is 0.309 e. The summed E-state index contributed by atoms with van der Waals surface area (Å²) in [7, 11) is 0. The van der Waals surface area contributed by atoms with Crippen LogP contribution in [-0.2, 0) is 9.59 Å². The molecule has 0 aromatic heterocycles. The number of hydrogen-bond acceptors (Lipinski definition) is 2. The van der Waals surface area contributed by atoms with Crippen LogP contribution in [0, 0.1) is 17.3 Å². The van der Waals surface area contributed by atoms with Gasteiger partial charge in [-0.1, -0.05) is 188 Å². The molecule has 43 heavy (non-hydrogen) atoms. The molecule has 4 heteroatoms. The zero-order valence-corrected chi connectivity index (χ0v) is 29.6. The Morgan fingerprint density at radius 3 is 0.930 bits per heavy atom. The van der Waals surface area contributed by atoms with E-state index >= 15 is 0 Å². The van der Waals surface area contributed by atoms with E-state index < -0.39 is 17.4 Å². The van der Waals surface area contributed by atoms with E-state index in [0.29, 0.717) is 19.3 Å². The molecule has 0 aromatic carbocycles. The Labute approximate surface area is 269 Å². The summed E-state index contributed by atoms with van der Waals surface area (Å²) in [6, 6.07) is 0. The highest BCUT2D eigenvalue weighted by Crippen LogP contribution is 2.38. The van der Waals surface area contributed by atoms with E-state index in [1.807, 2.05) is 0 Å². The molecule has 0 rings (SSSR count). The van der Waals surface area contributed by atoms with E-state index in [9.17, 15) is 14.7 Å². The molecule has 0 aliphatic heterocycles. The van der Waals surface area contributed by atoms with Crippen LogP contribution in [-0.4, -0.2) is 22.2 Å². The third-order valence-electron chi connectivity index (χ3n) is 9.62. The number of hydrogen-bond donors (Lipinski definition) is 2. The zero-order chi connectivity index (χ0) is 32.0. The van der Waals surface area contributed by atoms with Crippen LogP contribution in [0.15, 0.2) is 0 Å². The van der Waals surface area contributed by atoms with Crippen molar-refractivity contribution in [2.24, 2.45) is 17.3 Å². The van der Waals surface area contributed by atoms with Crippen LogP contribution in [0.4, 0.5) is 0 Å². The van der Waals surface area contributed by atoms with Gasteiger partial charge in [0, 0.05) is 6.42 Å². The van der Waals surface area contributed by atoms with Gasteiger partial charge in [0.2, 0.25) is 0 Å². The molecule has 0 saturated carbocycles. The van der Waals surface area contributed by atoms with Crippen LogP contribution in [0.3, 0.4) is 0 Å². The van der Waals surface area contributed by atoms with Gasteiger partial charge in [-0.15, -0.1) is 0 Å². The Morgan fingerprint density at radius 1 is 0.419 bits per heavy atom. The second-order valence-electron chi connectivity index (χ2n) is 14.8. The van der Waals surface area contributed by atoms with Crippen molar-refractivity contribution in [1.82, 2.24) is 0 Å². The minimum atomic E-state index is -0.779. The Bertz CT molecular complexity index is 593. The molecule has 4 nitrogen and oxygen atoms in total. The van der Waals surface area contributed by atoms with Gasteiger partial charge in [-0.05, 0) is 37.5 Å². The summed E-state index contributed by atoms with van der Waals surface area (Å²) in [6.45, 7) is 9.24. The number of aliphatic carboxylic acids is 2. The van der Waals surface area contributed by atoms with Crippen molar-refractivity contribution in [3.63, 3.8) is 0 Å². The van der Waals surface area contributed by atoms with Crippen molar-refractivity contribution in [3.8, 4) is 0 Å². The molecule has 0 aromatic rings. The molecule has 0 atom stereocenters. The average molecular weight is 609 g/mol. The van der Waals surface area contributed by atoms with Crippen LogP contribution in [0.1, 0.15) is 220 Å². The number of carboxylic acid groups (broad SMARTS) is 2. The molecule has 2 N–H and O–H groups in total. The van der Waals surface area contributed by atoms with E-state index in [2.05, 4.69) is 27.7 Å². The van der Waals surface area contributed by atoms with Crippen LogP contribution < -0.4 is 0 Å². The third-order valence-corrected chi connectivity index (χ3v) is 9.62. The van der Waals surface area contributed by atoms with Crippen LogP contribution in [0.25, 0.3) is 0 Å². The topological polar surface area (TPSA) is 74.6 Å². The van der Waals surface area contributed by atoms with Gasteiger partial charge < -0.3 is 10.2 Å². The average Bonchev–Trinajstić information content (AvgIpc) is 2.95. The summed E-state index contributed by atoms with van der Waals surface area (Å²) >= 11 is 0. The first-order chi connectivity index (χ1) is 20.7. The molecule has 0 bridgehead atoms. The van der Waals surface area contributed by atoms with Gasteiger partial charge in [0.05, 0.1) is 5.41 Å². The highest BCUT2D eigenvalue weighted by molar-refractivity contribution is 5.74. The van der Waals surface area contributed by atoms with Crippen LogP contribution >= 0.6 is 0 Å². The lowest BCUT2D eigenvalue weighted by atomic mass is 9.74. The molecule has 0 fully saturated rings. The Morgan fingerprint density at radius 2 is 0.674 bits per heavy atom. The van der Waals surface area contributed by atoms with Crippen molar-refractivity contribution in [1.29, 1.82) is 0 Å². The molecule has 0 spiro atoms. The van der Waals surface area contributed by atoms with Crippen molar-refractivity contribution < 1.29 is 19.8 Å². The van der Waals surface area contributed by atoms with E-state index in [1.165, 1.54) is 128 Å². The standard InChI is InChI=1S/C39H76O4/c1-35(2)29-23-19-15-11-7-5-9-13-17-21-26-32-39(38(42)43,34-28-25-31-37(40)41)33-27-22-18-14-10-6-8-12-16-20-24-30-36(3)4/h35-36H,5-34H2,1-4H3,(H,40,41)(H,42,43). The third kappa shape index (κ3) is 28.2. The quantitative estimate of drug-likeness (QED) is 0.0713. The van der Waals surface area contributed by atoms with Crippen molar-refractivity contribution >= 4 is 11.9 Å². The fourth-order valence-electron chi connectivity index (χ4n) is 6.65. The summed E-state index contributed by atoms with van der Waals surface area (Å²) < 4.78 is 0. The lowest BCUT2D eigenvalue weighted by Crippen LogP contribution is -2.31. The van der Waals surface area contributed by atoms with Gasteiger partial charge in [0.15, 0.2) is 0 Å². The number of carboxylic acids is 2. The van der Waals surface area contributed by atoms with Gasteiger partial charge in [0.25, 0.3) is 0 Å². The predicted octanol–water partition coefficient (Wildman–Crippen LogP) is 13.2. The van der Waals surface area contributed by atoms with Gasteiger partial charge in [-0.2, -0.15) is 0 Å². The maximum atomic E-state index is 12.6. The van der Waals surface area contributed by atoms with Gasteiger partial charge in [-0.25, -0.2) is 0 Å². The second-order valence-corrected chi connectivity index (χ2v) is 14.8. The summed E-state index contributed by atoms with van der Waals surface area (Å²) in [5.41, 5.74) is -0.663. The van der Waals surface area contributed by atoms with E-state index in [4.69, 9.17) is 5.11 Å².